The van der Waals surface area contributed by atoms with Gasteiger partial charge in [-0.3, -0.25) is 4.98 Å². The maximum Gasteiger partial charge on any atom is 0.513 e. The van der Waals surface area contributed by atoms with Crippen LogP contribution in [0.1, 0.15) is 32.4 Å². The lowest BCUT2D eigenvalue weighted by atomic mass is 9.94. The molecule has 2 N–H and O–H groups in total. The first-order valence-corrected chi connectivity index (χ1v) is 7.28. The van der Waals surface area contributed by atoms with Gasteiger partial charge in [0.05, 0.1) is 23.7 Å². The Hall–Kier alpha value is -3.03. The van der Waals surface area contributed by atoms with E-state index in [0.29, 0.717) is 17.1 Å². The number of aromatic nitrogens is 1. The van der Waals surface area contributed by atoms with Gasteiger partial charge in [-0.05, 0) is 32.9 Å². The van der Waals surface area contributed by atoms with Crippen LogP contribution in [0.3, 0.4) is 0 Å². The van der Waals surface area contributed by atoms with E-state index in [1.807, 2.05) is 0 Å². The Morgan fingerprint density at radius 1 is 1.21 bits per heavy atom. The normalized spacial score (nSPS) is 17.2. The first kappa shape index (κ1) is 17.3. The molecular formula is C16H18N2O6. The van der Waals surface area contributed by atoms with Gasteiger partial charge in [-0.1, -0.05) is 6.07 Å². The largest absolute Gasteiger partial charge is 0.513 e. The highest BCUT2D eigenvalue weighted by atomic mass is 16.7. The Bertz CT molecular complexity index is 696. The van der Waals surface area contributed by atoms with Gasteiger partial charge in [0.1, 0.15) is 17.4 Å². The number of hydrogen-bond donors (Lipinski definition) is 2. The molecule has 0 saturated carbocycles. The third-order valence-corrected chi connectivity index (χ3v) is 3.27. The number of dihydropyridines is 1. The number of allylic oxidation sites excluding steroid dienone is 2. The van der Waals surface area contributed by atoms with Crippen LogP contribution >= 0.6 is 0 Å². The van der Waals surface area contributed by atoms with E-state index in [4.69, 9.17) is 19.3 Å². The molecule has 2 rings (SSSR count). The number of carboxylic acid groups (broad SMARTS) is 1. The van der Waals surface area contributed by atoms with Gasteiger partial charge >= 0.3 is 12.3 Å². The molecule has 8 heteroatoms. The first-order valence-electron chi connectivity index (χ1n) is 7.28. The second kappa shape index (κ2) is 7.49. The van der Waals surface area contributed by atoms with Crippen molar-refractivity contribution in [3.05, 3.63) is 53.0 Å². The molecule has 1 aliphatic rings. The van der Waals surface area contributed by atoms with Crippen LogP contribution in [0.2, 0.25) is 0 Å². The molecule has 0 radical (unpaired) electrons. The van der Waals surface area contributed by atoms with Gasteiger partial charge in [0, 0.05) is 6.20 Å². The van der Waals surface area contributed by atoms with Crippen molar-refractivity contribution in [3.63, 3.8) is 0 Å². The van der Waals surface area contributed by atoms with E-state index < -0.39 is 18.2 Å². The van der Waals surface area contributed by atoms with Gasteiger partial charge in [-0.25, -0.2) is 9.59 Å². The molecule has 0 aliphatic carbocycles. The highest BCUT2D eigenvalue weighted by molar-refractivity contribution is 5.63. The van der Waals surface area contributed by atoms with Crippen molar-refractivity contribution in [2.75, 3.05) is 6.61 Å². The molecule has 0 aromatic carbocycles. The van der Waals surface area contributed by atoms with E-state index in [1.54, 1.807) is 45.2 Å². The molecule has 1 aromatic heterocycles. The van der Waals surface area contributed by atoms with Crippen LogP contribution in [-0.2, 0) is 14.2 Å². The van der Waals surface area contributed by atoms with Crippen LogP contribution in [0.25, 0.3) is 0 Å². The molecule has 2 heterocycles. The van der Waals surface area contributed by atoms with Gasteiger partial charge in [0.15, 0.2) is 0 Å². The zero-order valence-corrected chi connectivity index (χ0v) is 13.5. The summed E-state index contributed by atoms with van der Waals surface area (Å²) in [5.41, 5.74) is 1.50. The average molecular weight is 334 g/mol. The fraction of sp³-hybridized carbons (Fsp3) is 0.312. The van der Waals surface area contributed by atoms with E-state index in [9.17, 15) is 9.59 Å². The number of pyridine rings is 1. The number of carbonyl (C=O) groups excluding carboxylic acids is 1. The first-order chi connectivity index (χ1) is 11.4. The monoisotopic (exact) mass is 334 g/mol. The predicted octanol–water partition coefficient (Wildman–Crippen LogP) is 3.10. The summed E-state index contributed by atoms with van der Waals surface area (Å²) in [6.45, 7) is 5.17. The molecule has 0 fully saturated rings. The van der Waals surface area contributed by atoms with Crippen molar-refractivity contribution in [1.82, 2.24) is 10.3 Å². The summed E-state index contributed by atoms with van der Waals surface area (Å²) < 4.78 is 15.0. The number of rotatable bonds is 4. The molecule has 0 bridgehead atoms. The number of hydrogen-bond acceptors (Lipinski definition) is 7. The Balaban J connectivity index is 2.48. The van der Waals surface area contributed by atoms with Crippen LogP contribution in [0.5, 0.6) is 0 Å². The average Bonchev–Trinajstić information content (AvgIpc) is 2.53. The SMILES string of the molecule is CCOC(=O)OC1=C(C)NC(C)=C(OC(=O)O)C1c1ccccn1. The van der Waals surface area contributed by atoms with Crippen LogP contribution in [-0.4, -0.2) is 29.0 Å². The van der Waals surface area contributed by atoms with Gasteiger partial charge in [0.25, 0.3) is 0 Å². The third-order valence-electron chi connectivity index (χ3n) is 3.27. The van der Waals surface area contributed by atoms with Gasteiger partial charge in [-0.2, -0.15) is 0 Å². The molecule has 8 nitrogen and oxygen atoms in total. The molecule has 0 amide bonds. The molecule has 1 unspecified atom stereocenters. The molecule has 0 saturated heterocycles. The summed E-state index contributed by atoms with van der Waals surface area (Å²) in [7, 11) is 0. The fourth-order valence-electron chi connectivity index (χ4n) is 2.37. The Kier molecular flexibility index (Phi) is 5.41. The molecule has 1 aliphatic heterocycles. The maximum absolute atomic E-state index is 11.7. The highest BCUT2D eigenvalue weighted by Gasteiger charge is 2.36. The van der Waals surface area contributed by atoms with Crippen molar-refractivity contribution in [2.24, 2.45) is 0 Å². The summed E-state index contributed by atoms with van der Waals surface area (Å²) in [5.74, 6) is -0.520. The minimum absolute atomic E-state index is 0.0890. The second-order valence-corrected chi connectivity index (χ2v) is 4.94. The van der Waals surface area contributed by atoms with E-state index >= 15 is 0 Å². The van der Waals surface area contributed by atoms with Crippen LogP contribution < -0.4 is 5.32 Å². The lowest BCUT2D eigenvalue weighted by molar-refractivity contribution is 0.0722. The topological polar surface area (TPSA) is 107 Å². The molecule has 1 atom stereocenters. The van der Waals surface area contributed by atoms with E-state index in [2.05, 4.69) is 10.3 Å². The van der Waals surface area contributed by atoms with Crippen LogP contribution in [0.15, 0.2) is 47.3 Å². The Morgan fingerprint density at radius 2 is 1.88 bits per heavy atom. The van der Waals surface area contributed by atoms with Gasteiger partial charge < -0.3 is 24.6 Å². The molecule has 1 aromatic rings. The molecule has 24 heavy (non-hydrogen) atoms. The van der Waals surface area contributed by atoms with Crippen LogP contribution in [0, 0.1) is 0 Å². The summed E-state index contributed by atoms with van der Waals surface area (Å²) in [6, 6.07) is 5.16. The van der Waals surface area contributed by atoms with Gasteiger partial charge in [-0.15, -0.1) is 0 Å². The lowest BCUT2D eigenvalue weighted by Gasteiger charge is -2.29. The second-order valence-electron chi connectivity index (χ2n) is 4.94. The van der Waals surface area contributed by atoms with E-state index in [1.165, 1.54) is 0 Å². The number of carbonyl (C=O) groups is 2. The maximum atomic E-state index is 11.7. The lowest BCUT2D eigenvalue weighted by Crippen LogP contribution is -2.29. The molecular weight excluding hydrogens is 316 g/mol. The summed E-state index contributed by atoms with van der Waals surface area (Å²) in [4.78, 5) is 27.0. The van der Waals surface area contributed by atoms with Crippen LogP contribution in [0.4, 0.5) is 9.59 Å². The predicted molar refractivity (Wildman–Crippen MR) is 82.7 cm³/mol. The zero-order chi connectivity index (χ0) is 17.7. The summed E-state index contributed by atoms with van der Waals surface area (Å²) in [5, 5.41) is 12.0. The number of ether oxygens (including phenoxy) is 3. The minimum Gasteiger partial charge on any atom is -0.449 e. The standard InChI is InChI=1S/C16H18N2O6/c1-4-22-16(21)24-14-10(3)18-9(2)13(23-15(19)20)12(14)11-7-5-6-8-17-11/h5-8,12,18H,4H2,1-3H3,(H,19,20). The zero-order valence-electron chi connectivity index (χ0n) is 13.5. The third kappa shape index (κ3) is 3.83. The van der Waals surface area contributed by atoms with Gasteiger partial charge in [0.2, 0.25) is 0 Å². The van der Waals surface area contributed by atoms with Crippen molar-refractivity contribution >= 4 is 12.3 Å². The van der Waals surface area contributed by atoms with Crippen molar-refractivity contribution in [1.29, 1.82) is 0 Å². The van der Waals surface area contributed by atoms with Crippen molar-refractivity contribution in [2.45, 2.75) is 26.7 Å². The number of nitrogens with zero attached hydrogens (tertiary/aromatic N) is 1. The van der Waals surface area contributed by atoms with Crippen molar-refractivity contribution in [3.8, 4) is 0 Å². The summed E-state index contributed by atoms with van der Waals surface area (Å²) >= 11 is 0. The van der Waals surface area contributed by atoms with Crippen molar-refractivity contribution < 1.29 is 28.9 Å². The Morgan fingerprint density at radius 3 is 2.42 bits per heavy atom. The number of nitrogens with one attached hydrogen (secondary N) is 1. The smallest absolute Gasteiger partial charge is 0.449 e. The fourth-order valence-corrected chi connectivity index (χ4v) is 2.37. The highest BCUT2D eigenvalue weighted by Crippen LogP contribution is 2.38. The molecule has 128 valence electrons. The van der Waals surface area contributed by atoms with E-state index in [0.717, 1.165) is 0 Å². The summed E-state index contributed by atoms with van der Waals surface area (Å²) in [6.07, 6.45) is -0.798. The molecule has 0 spiro atoms. The Labute approximate surface area is 138 Å². The van der Waals surface area contributed by atoms with E-state index in [-0.39, 0.29) is 18.1 Å². The quantitative estimate of drug-likeness (QED) is 0.809. The minimum atomic E-state index is -1.47.